The van der Waals surface area contributed by atoms with E-state index in [-0.39, 0.29) is 21.1 Å². The van der Waals surface area contributed by atoms with Gasteiger partial charge in [-0.3, -0.25) is 0 Å². The second kappa shape index (κ2) is 2.88. The average molecular weight is 315 g/mol. The zero-order chi connectivity index (χ0) is 6.10. The molecule has 0 saturated carbocycles. The van der Waals surface area contributed by atoms with Crippen LogP contribution < -0.4 is 0 Å². The summed E-state index contributed by atoms with van der Waals surface area (Å²) in [6, 6.07) is 0. The third-order valence-electron chi connectivity index (χ3n) is 1.10. The van der Waals surface area contributed by atoms with Gasteiger partial charge in [-0.1, -0.05) is 0 Å². The first-order valence-electron chi connectivity index (χ1n) is 2.56. The first kappa shape index (κ1) is 7.35. The maximum atomic E-state index is 3.91. The van der Waals surface area contributed by atoms with Crippen molar-refractivity contribution in [2.24, 2.45) is 0 Å². The summed E-state index contributed by atoms with van der Waals surface area (Å²) in [4.78, 5) is 14.5. The molecule has 54 valence electrons. The molecular weight excluding hydrogens is 311 g/mol. The first-order chi connectivity index (χ1) is 4.47. The van der Waals surface area contributed by atoms with Crippen molar-refractivity contribution in [2.75, 3.05) is 0 Å². The minimum absolute atomic E-state index is 0. The van der Waals surface area contributed by atoms with Gasteiger partial charge in [0, 0.05) is 21.1 Å². The number of nitrogens with zero attached hydrogens (tertiary/aromatic N) is 3. The van der Waals surface area contributed by atoms with E-state index >= 15 is 0 Å². The molecule has 0 aromatic carbocycles. The molecule has 1 N–H and O–H groups in total. The van der Waals surface area contributed by atoms with Crippen molar-refractivity contribution in [1.82, 2.24) is 19.9 Å². The molecule has 0 bridgehead atoms. The van der Waals surface area contributed by atoms with Crippen LogP contribution in [0.25, 0.3) is 11.2 Å². The smallest absolute Gasteiger partial charge is 0.180 e. The van der Waals surface area contributed by atoms with Gasteiger partial charge < -0.3 is 4.98 Å². The fourth-order valence-corrected chi connectivity index (χ4v) is 0.691. The fraction of sp³-hybridized carbons (Fsp3) is 0. The van der Waals surface area contributed by atoms with Crippen molar-refractivity contribution >= 4 is 11.2 Å². The molecule has 0 aliphatic heterocycles. The Labute approximate surface area is 71.4 Å². The first-order valence-corrected chi connectivity index (χ1v) is 2.56. The molecule has 0 fully saturated rings. The van der Waals surface area contributed by atoms with Gasteiger partial charge in [-0.25, -0.2) is 15.0 Å². The SMILES string of the molecule is [Pt].c1ncc2[nH]cnc2n1. The molecule has 2 aromatic heterocycles. The maximum Gasteiger partial charge on any atom is 0.180 e. The van der Waals surface area contributed by atoms with Gasteiger partial charge in [0.25, 0.3) is 0 Å². The fourth-order valence-electron chi connectivity index (χ4n) is 0.691. The normalized spacial score (nSPS) is 9.20. The molecule has 0 atom stereocenters. The standard InChI is InChI=1S/C5H4N4.Pt/c1-4-5(8-2-6-1)9-3-7-4;/h1-3H,(H,6,7,8,9);. The molecule has 0 spiro atoms. The number of imidazole rings is 1. The summed E-state index contributed by atoms with van der Waals surface area (Å²) in [5.41, 5.74) is 1.59. The maximum absolute atomic E-state index is 3.91. The van der Waals surface area contributed by atoms with Crippen LogP contribution >= 0.6 is 0 Å². The van der Waals surface area contributed by atoms with E-state index in [1.807, 2.05) is 0 Å². The van der Waals surface area contributed by atoms with E-state index in [2.05, 4.69) is 19.9 Å². The number of rotatable bonds is 0. The molecule has 2 rings (SSSR count). The van der Waals surface area contributed by atoms with E-state index in [0.29, 0.717) is 5.65 Å². The third-order valence-corrected chi connectivity index (χ3v) is 1.10. The number of aromatic amines is 1. The predicted molar refractivity (Wildman–Crippen MR) is 31.7 cm³/mol. The van der Waals surface area contributed by atoms with Crippen molar-refractivity contribution in [3.8, 4) is 0 Å². The molecule has 5 heteroatoms. The van der Waals surface area contributed by atoms with Crippen LogP contribution in [0, 0.1) is 0 Å². The van der Waals surface area contributed by atoms with Crippen molar-refractivity contribution in [2.45, 2.75) is 0 Å². The Morgan fingerprint density at radius 3 is 3.00 bits per heavy atom. The number of hydrogen-bond donors (Lipinski definition) is 1. The molecule has 0 aliphatic carbocycles. The van der Waals surface area contributed by atoms with Crippen molar-refractivity contribution in [3.63, 3.8) is 0 Å². The van der Waals surface area contributed by atoms with Gasteiger partial charge in [-0.15, -0.1) is 0 Å². The quantitative estimate of drug-likeness (QED) is 0.763. The number of fused-ring (bicyclic) bond motifs is 1. The van der Waals surface area contributed by atoms with Crippen molar-refractivity contribution in [1.29, 1.82) is 0 Å². The second-order valence-electron chi connectivity index (χ2n) is 1.66. The van der Waals surface area contributed by atoms with Crippen LogP contribution in [0.4, 0.5) is 0 Å². The van der Waals surface area contributed by atoms with Gasteiger partial charge in [0.05, 0.1) is 12.5 Å². The zero-order valence-electron chi connectivity index (χ0n) is 4.89. The summed E-state index contributed by atoms with van der Waals surface area (Å²) >= 11 is 0. The Hall–Kier alpha value is -0.762. The van der Waals surface area contributed by atoms with Crippen LogP contribution in [-0.4, -0.2) is 19.9 Å². The van der Waals surface area contributed by atoms with Gasteiger partial charge in [-0.05, 0) is 0 Å². The largest absolute Gasteiger partial charge is 0.342 e. The van der Waals surface area contributed by atoms with Crippen LogP contribution in [0.2, 0.25) is 0 Å². The van der Waals surface area contributed by atoms with E-state index in [1.165, 1.54) is 6.33 Å². The van der Waals surface area contributed by atoms with Gasteiger partial charge in [-0.2, -0.15) is 0 Å². The molecule has 4 nitrogen and oxygen atoms in total. The Bertz CT molecular complexity index is 288. The van der Waals surface area contributed by atoms with E-state index in [9.17, 15) is 0 Å². The van der Waals surface area contributed by atoms with Crippen LogP contribution in [-0.2, 0) is 21.1 Å². The van der Waals surface area contributed by atoms with E-state index in [1.54, 1.807) is 12.5 Å². The molecule has 2 aromatic rings. The molecule has 0 radical (unpaired) electrons. The monoisotopic (exact) mass is 315 g/mol. The van der Waals surface area contributed by atoms with Crippen LogP contribution in [0.1, 0.15) is 0 Å². The van der Waals surface area contributed by atoms with E-state index in [4.69, 9.17) is 0 Å². The van der Waals surface area contributed by atoms with Crippen LogP contribution in [0.3, 0.4) is 0 Å². The Kier molecular flexibility index (Phi) is 2.12. The number of nitrogens with one attached hydrogen (secondary N) is 1. The molecule has 0 amide bonds. The second-order valence-corrected chi connectivity index (χ2v) is 1.66. The summed E-state index contributed by atoms with van der Waals surface area (Å²) < 4.78 is 0. The predicted octanol–water partition coefficient (Wildman–Crippen LogP) is 0.350. The minimum Gasteiger partial charge on any atom is -0.342 e. The van der Waals surface area contributed by atoms with Crippen molar-refractivity contribution < 1.29 is 21.1 Å². The summed E-state index contributed by atoms with van der Waals surface area (Å²) in [6.07, 6.45) is 4.76. The molecular formula is C5H4N4Pt. The Balaban J connectivity index is 0.000000500. The Morgan fingerprint density at radius 1 is 1.30 bits per heavy atom. The van der Waals surface area contributed by atoms with Gasteiger partial charge in [0.1, 0.15) is 11.8 Å². The van der Waals surface area contributed by atoms with Gasteiger partial charge in [0.15, 0.2) is 5.65 Å². The third kappa shape index (κ3) is 1.07. The minimum atomic E-state index is 0. The number of hydrogen-bond acceptors (Lipinski definition) is 3. The molecule has 10 heavy (non-hydrogen) atoms. The van der Waals surface area contributed by atoms with Gasteiger partial charge >= 0.3 is 0 Å². The topological polar surface area (TPSA) is 54.5 Å². The molecule has 2 heterocycles. The summed E-state index contributed by atoms with van der Waals surface area (Å²) in [7, 11) is 0. The molecule has 0 unspecified atom stereocenters. The van der Waals surface area contributed by atoms with Crippen LogP contribution in [0.5, 0.6) is 0 Å². The van der Waals surface area contributed by atoms with Crippen LogP contribution in [0.15, 0.2) is 18.9 Å². The number of aromatic nitrogens is 4. The summed E-state index contributed by atoms with van der Waals surface area (Å²) in [6.45, 7) is 0. The molecule has 0 aliphatic rings. The summed E-state index contributed by atoms with van der Waals surface area (Å²) in [5.74, 6) is 0. The van der Waals surface area contributed by atoms with Gasteiger partial charge in [0.2, 0.25) is 0 Å². The average Bonchev–Trinajstić information content (AvgIpc) is 2.33. The summed E-state index contributed by atoms with van der Waals surface area (Å²) in [5, 5.41) is 0. The molecule has 0 saturated heterocycles. The Morgan fingerprint density at radius 2 is 2.20 bits per heavy atom. The zero-order valence-corrected chi connectivity index (χ0v) is 7.16. The van der Waals surface area contributed by atoms with Crippen molar-refractivity contribution in [3.05, 3.63) is 18.9 Å². The van der Waals surface area contributed by atoms with E-state index < -0.39 is 0 Å². The number of H-pyrrole nitrogens is 1. The van der Waals surface area contributed by atoms with E-state index in [0.717, 1.165) is 5.52 Å².